The van der Waals surface area contributed by atoms with Crippen molar-refractivity contribution in [2.24, 2.45) is 0 Å². The first kappa shape index (κ1) is 8.20. The summed E-state index contributed by atoms with van der Waals surface area (Å²) in [5.41, 5.74) is 0. The third-order valence-electron chi connectivity index (χ3n) is 2.56. The zero-order chi connectivity index (χ0) is 8.39. The average molecular weight is 168 g/mol. The minimum Gasteiger partial charge on any atom is -0.370 e. The molecule has 0 aromatic carbocycles. The van der Waals surface area contributed by atoms with Gasteiger partial charge in [-0.2, -0.15) is 0 Å². The van der Waals surface area contributed by atoms with Crippen LogP contribution in [0.2, 0.25) is 0 Å². The van der Waals surface area contributed by atoms with Gasteiger partial charge >= 0.3 is 0 Å². The van der Waals surface area contributed by atoms with Gasteiger partial charge in [0.2, 0.25) is 0 Å². The topological polar surface area (TPSA) is 40.4 Å². The lowest BCUT2D eigenvalue weighted by Crippen LogP contribution is -2.34. The maximum Gasteiger partial charge on any atom is 0.179 e. The Bertz CT molecular complexity index is 151. The molecule has 2 rings (SSSR count). The van der Waals surface area contributed by atoms with Gasteiger partial charge in [0.25, 0.3) is 0 Å². The summed E-state index contributed by atoms with van der Waals surface area (Å²) in [6.07, 6.45) is 3.83. The van der Waals surface area contributed by atoms with Crippen LogP contribution in [-0.4, -0.2) is 31.1 Å². The van der Waals surface area contributed by atoms with Crippen LogP contribution >= 0.6 is 0 Å². The number of hydrogen-bond donors (Lipinski definition) is 0. The lowest BCUT2D eigenvalue weighted by Gasteiger charge is -2.12. The molecule has 2 fully saturated rings. The number of carbonyl (C=O) groups is 1. The first-order chi connectivity index (χ1) is 5.88. The third-order valence-corrected chi connectivity index (χ3v) is 2.56. The molecule has 0 aliphatic carbocycles. The zero-order valence-electron chi connectivity index (χ0n) is 7.16. The van der Waals surface area contributed by atoms with Crippen LogP contribution in [0.1, 0.15) is 25.7 Å². The van der Waals surface area contributed by atoms with Gasteiger partial charge in [-0.3, -0.25) is 4.79 Å². The van der Waals surface area contributed by atoms with Crippen LogP contribution in [0.3, 0.4) is 0 Å². The summed E-state index contributed by atoms with van der Waals surface area (Å²) in [7, 11) is 0. The van der Waals surface area contributed by atoms with Crippen LogP contribution in [0.4, 0.5) is 0 Å². The van der Waals surface area contributed by atoms with Crippen molar-refractivity contribution in [1.82, 2.24) is 5.32 Å². The van der Waals surface area contributed by atoms with Crippen LogP contribution in [0.5, 0.6) is 0 Å². The van der Waals surface area contributed by atoms with Crippen LogP contribution in [0, 0.1) is 0 Å². The van der Waals surface area contributed by atoms with E-state index in [4.69, 9.17) is 4.74 Å². The van der Waals surface area contributed by atoms with Gasteiger partial charge in [-0.15, -0.1) is 0 Å². The van der Waals surface area contributed by atoms with Crippen molar-refractivity contribution in [3.63, 3.8) is 0 Å². The van der Waals surface area contributed by atoms with E-state index in [2.05, 4.69) is 5.32 Å². The summed E-state index contributed by atoms with van der Waals surface area (Å²) in [6.45, 7) is 1.62. The third kappa shape index (κ3) is 1.52. The molecule has 0 aromatic rings. The van der Waals surface area contributed by atoms with Gasteiger partial charge in [0.1, 0.15) is 6.10 Å². The number of ketones is 1. The van der Waals surface area contributed by atoms with Gasteiger partial charge in [0, 0.05) is 13.2 Å². The van der Waals surface area contributed by atoms with Gasteiger partial charge in [0.05, 0.1) is 6.04 Å². The Morgan fingerprint density at radius 2 is 2.25 bits per heavy atom. The van der Waals surface area contributed by atoms with E-state index in [1.54, 1.807) is 0 Å². The van der Waals surface area contributed by atoms with Crippen molar-refractivity contribution in [2.75, 3.05) is 13.2 Å². The first-order valence-corrected chi connectivity index (χ1v) is 4.70. The molecule has 0 amide bonds. The zero-order valence-corrected chi connectivity index (χ0v) is 7.16. The highest BCUT2D eigenvalue weighted by Crippen LogP contribution is 2.18. The lowest BCUT2D eigenvalue weighted by molar-refractivity contribution is -0.129. The Kier molecular flexibility index (Phi) is 2.42. The van der Waals surface area contributed by atoms with Crippen molar-refractivity contribution in [3.8, 4) is 0 Å². The van der Waals surface area contributed by atoms with E-state index >= 15 is 0 Å². The molecule has 0 spiro atoms. The Balaban J connectivity index is 1.89. The second-order valence-corrected chi connectivity index (χ2v) is 3.47. The second-order valence-electron chi connectivity index (χ2n) is 3.47. The highest BCUT2D eigenvalue weighted by atomic mass is 16.5. The van der Waals surface area contributed by atoms with Crippen LogP contribution in [0.25, 0.3) is 0 Å². The highest BCUT2D eigenvalue weighted by Gasteiger charge is 2.32. The predicted octanol–water partition coefficient (Wildman–Crippen LogP) is 0.501. The first-order valence-electron chi connectivity index (χ1n) is 4.70. The standard InChI is InChI=1S/C9H14NO2/c11-9(7-3-1-5-10-7)8-4-2-6-12-8/h7-8H,1-6H2. The van der Waals surface area contributed by atoms with E-state index in [-0.39, 0.29) is 17.9 Å². The summed E-state index contributed by atoms with van der Waals surface area (Å²) >= 11 is 0. The molecule has 0 N–H and O–H groups in total. The molecule has 2 aliphatic rings. The average Bonchev–Trinajstić information content (AvgIpc) is 2.77. The van der Waals surface area contributed by atoms with E-state index in [1.807, 2.05) is 0 Å². The van der Waals surface area contributed by atoms with Gasteiger partial charge in [-0.25, -0.2) is 5.32 Å². The van der Waals surface area contributed by atoms with E-state index in [1.165, 1.54) is 0 Å². The SMILES string of the molecule is O=C(C1CCC[N]1)C1CCCO1. The molecule has 2 atom stereocenters. The molecule has 1 radical (unpaired) electrons. The normalized spacial score (nSPS) is 35.7. The molecule has 0 aromatic heterocycles. The van der Waals surface area contributed by atoms with Gasteiger partial charge in [-0.1, -0.05) is 0 Å². The molecule has 0 bridgehead atoms. The number of Topliss-reactive ketones (excluding diaryl/α,β-unsaturated/α-hetero) is 1. The summed E-state index contributed by atoms with van der Waals surface area (Å²) in [5.74, 6) is 0.227. The summed E-state index contributed by atoms with van der Waals surface area (Å²) in [5, 5.41) is 4.25. The largest absolute Gasteiger partial charge is 0.370 e. The number of ether oxygens (including phenoxy) is 1. The maximum absolute atomic E-state index is 11.6. The molecule has 2 saturated heterocycles. The minimum atomic E-state index is -0.128. The van der Waals surface area contributed by atoms with Crippen LogP contribution < -0.4 is 5.32 Å². The van der Waals surface area contributed by atoms with Crippen molar-refractivity contribution in [1.29, 1.82) is 0 Å². The summed E-state index contributed by atoms with van der Waals surface area (Å²) in [6, 6.07) is -0.0342. The van der Waals surface area contributed by atoms with E-state index in [0.29, 0.717) is 0 Å². The monoisotopic (exact) mass is 168 g/mol. The van der Waals surface area contributed by atoms with Crippen molar-refractivity contribution < 1.29 is 9.53 Å². The Morgan fingerprint density at radius 1 is 1.33 bits per heavy atom. The molecule has 67 valence electrons. The van der Waals surface area contributed by atoms with Crippen LogP contribution in [0.15, 0.2) is 0 Å². The fourth-order valence-corrected chi connectivity index (χ4v) is 1.87. The van der Waals surface area contributed by atoms with Crippen molar-refractivity contribution >= 4 is 5.78 Å². The van der Waals surface area contributed by atoms with Crippen LogP contribution in [-0.2, 0) is 9.53 Å². The second kappa shape index (κ2) is 3.54. The molecule has 2 unspecified atom stereocenters. The maximum atomic E-state index is 11.6. The van der Waals surface area contributed by atoms with Gasteiger partial charge < -0.3 is 4.74 Å². The molecule has 3 nitrogen and oxygen atoms in total. The van der Waals surface area contributed by atoms with E-state index < -0.39 is 0 Å². The fraction of sp³-hybridized carbons (Fsp3) is 0.889. The van der Waals surface area contributed by atoms with E-state index in [0.717, 1.165) is 38.8 Å². The summed E-state index contributed by atoms with van der Waals surface area (Å²) in [4.78, 5) is 11.6. The number of rotatable bonds is 2. The van der Waals surface area contributed by atoms with Crippen molar-refractivity contribution in [3.05, 3.63) is 0 Å². The molecule has 0 saturated carbocycles. The highest BCUT2D eigenvalue weighted by molar-refractivity contribution is 5.88. The Labute approximate surface area is 72.5 Å². The lowest BCUT2D eigenvalue weighted by atomic mass is 10.0. The smallest absolute Gasteiger partial charge is 0.179 e. The van der Waals surface area contributed by atoms with Crippen molar-refractivity contribution in [2.45, 2.75) is 37.8 Å². The molecule has 2 aliphatic heterocycles. The molecule has 12 heavy (non-hydrogen) atoms. The molecular weight excluding hydrogens is 154 g/mol. The summed E-state index contributed by atoms with van der Waals surface area (Å²) < 4.78 is 5.32. The van der Waals surface area contributed by atoms with E-state index in [9.17, 15) is 4.79 Å². The Morgan fingerprint density at radius 3 is 2.83 bits per heavy atom. The fourth-order valence-electron chi connectivity index (χ4n) is 1.87. The Hall–Kier alpha value is -0.410. The minimum absolute atomic E-state index is 0.0342. The number of hydrogen-bond acceptors (Lipinski definition) is 2. The molecular formula is C9H14NO2. The predicted molar refractivity (Wildman–Crippen MR) is 44.0 cm³/mol. The molecule has 3 heteroatoms. The number of nitrogens with zero attached hydrogens (tertiary/aromatic N) is 1. The van der Waals surface area contributed by atoms with Gasteiger partial charge in [-0.05, 0) is 25.7 Å². The van der Waals surface area contributed by atoms with Gasteiger partial charge in [0.15, 0.2) is 5.78 Å². The quantitative estimate of drug-likeness (QED) is 0.602. The molecule has 2 heterocycles. The number of carbonyl (C=O) groups excluding carboxylic acids is 1.